The number of thioether (sulfide) groups is 1. The Morgan fingerprint density at radius 1 is 0.933 bits per heavy atom. The van der Waals surface area contributed by atoms with Gasteiger partial charge < -0.3 is 14.8 Å². The van der Waals surface area contributed by atoms with Crippen LogP contribution in [0.15, 0.2) is 71.6 Å². The topological polar surface area (TPSA) is 64.6 Å². The number of hydrogen-bond acceptors (Lipinski definition) is 5. The van der Waals surface area contributed by atoms with E-state index in [0.29, 0.717) is 22.7 Å². The van der Waals surface area contributed by atoms with Gasteiger partial charge in [0, 0.05) is 16.1 Å². The Balaban J connectivity index is 1.59. The lowest BCUT2D eigenvalue weighted by atomic mass is 10.1. The number of ether oxygens (including phenoxy) is 2. The van der Waals surface area contributed by atoms with Crippen molar-refractivity contribution in [2.75, 3.05) is 25.3 Å². The molecule has 0 radical (unpaired) electrons. The normalized spacial score (nSPS) is 10.4. The van der Waals surface area contributed by atoms with Crippen LogP contribution in [-0.4, -0.2) is 31.7 Å². The molecule has 0 aliphatic carbocycles. The van der Waals surface area contributed by atoms with Gasteiger partial charge in [-0.1, -0.05) is 12.1 Å². The van der Waals surface area contributed by atoms with Gasteiger partial charge in [0.25, 0.3) is 5.91 Å². The molecule has 7 heteroatoms. The lowest BCUT2D eigenvalue weighted by Gasteiger charge is -2.09. The Morgan fingerprint density at radius 3 is 2.30 bits per heavy atom. The van der Waals surface area contributed by atoms with Crippen LogP contribution in [0, 0.1) is 5.82 Å². The van der Waals surface area contributed by atoms with Gasteiger partial charge in [-0.05, 0) is 54.6 Å². The van der Waals surface area contributed by atoms with Crippen LogP contribution in [-0.2, 0) is 0 Å². The average Bonchev–Trinajstić information content (AvgIpc) is 2.78. The number of nitrogens with one attached hydrogen (secondary N) is 1. The van der Waals surface area contributed by atoms with Gasteiger partial charge in [0.05, 0.1) is 25.5 Å². The van der Waals surface area contributed by atoms with E-state index >= 15 is 0 Å². The minimum atomic E-state index is -0.573. The lowest BCUT2D eigenvalue weighted by Crippen LogP contribution is -2.13. The van der Waals surface area contributed by atoms with Crippen molar-refractivity contribution in [3.63, 3.8) is 0 Å². The minimum Gasteiger partial charge on any atom is -0.493 e. The van der Waals surface area contributed by atoms with Crippen molar-refractivity contribution >= 4 is 29.1 Å². The monoisotopic (exact) mass is 425 g/mol. The molecule has 0 saturated heterocycles. The summed E-state index contributed by atoms with van der Waals surface area (Å²) in [5, 5.41) is 2.66. The van der Waals surface area contributed by atoms with Crippen LogP contribution in [0.1, 0.15) is 20.7 Å². The molecule has 3 aromatic carbocycles. The Hall–Kier alpha value is -3.32. The van der Waals surface area contributed by atoms with Gasteiger partial charge in [-0.15, -0.1) is 11.8 Å². The van der Waals surface area contributed by atoms with Crippen LogP contribution in [0.4, 0.5) is 10.1 Å². The first-order valence-electron chi connectivity index (χ1n) is 9.06. The SMILES string of the molecule is COc1ccc(C(=O)CSc2ccc(NC(=O)c3ccccc3F)cc2)cc1OC. The molecule has 0 aromatic heterocycles. The molecule has 0 aliphatic rings. The maximum atomic E-state index is 13.7. The number of amides is 1. The van der Waals surface area contributed by atoms with E-state index in [0.717, 1.165) is 4.90 Å². The molecule has 154 valence electrons. The summed E-state index contributed by atoms with van der Waals surface area (Å²) in [6.07, 6.45) is 0. The summed E-state index contributed by atoms with van der Waals surface area (Å²) < 4.78 is 24.1. The van der Waals surface area contributed by atoms with Gasteiger partial charge in [-0.2, -0.15) is 0 Å². The van der Waals surface area contributed by atoms with E-state index in [9.17, 15) is 14.0 Å². The predicted octanol–water partition coefficient (Wildman–Crippen LogP) is 5.07. The molecular formula is C23H20FNO4S. The fraction of sp³-hybridized carbons (Fsp3) is 0.130. The molecule has 1 amide bonds. The van der Waals surface area contributed by atoms with Crippen molar-refractivity contribution in [1.82, 2.24) is 0 Å². The highest BCUT2D eigenvalue weighted by Crippen LogP contribution is 2.29. The van der Waals surface area contributed by atoms with Crippen LogP contribution >= 0.6 is 11.8 Å². The molecule has 0 saturated carbocycles. The predicted molar refractivity (Wildman–Crippen MR) is 115 cm³/mol. The van der Waals surface area contributed by atoms with Crippen molar-refractivity contribution < 1.29 is 23.5 Å². The smallest absolute Gasteiger partial charge is 0.258 e. The lowest BCUT2D eigenvalue weighted by molar-refractivity contribution is 0.101. The van der Waals surface area contributed by atoms with E-state index in [-0.39, 0.29) is 17.1 Å². The number of carbonyl (C=O) groups is 2. The van der Waals surface area contributed by atoms with Gasteiger partial charge in [0.15, 0.2) is 17.3 Å². The zero-order valence-electron chi connectivity index (χ0n) is 16.5. The van der Waals surface area contributed by atoms with Crippen LogP contribution in [0.3, 0.4) is 0 Å². The second-order valence-corrected chi connectivity index (χ2v) is 7.29. The molecule has 5 nitrogen and oxygen atoms in total. The summed E-state index contributed by atoms with van der Waals surface area (Å²) in [5.41, 5.74) is 1.06. The molecule has 0 bridgehead atoms. The maximum Gasteiger partial charge on any atom is 0.258 e. The second-order valence-electron chi connectivity index (χ2n) is 6.24. The summed E-state index contributed by atoms with van der Waals surface area (Å²) in [7, 11) is 3.06. The summed E-state index contributed by atoms with van der Waals surface area (Å²) >= 11 is 1.38. The van der Waals surface area contributed by atoms with Gasteiger partial charge in [-0.3, -0.25) is 9.59 Å². The maximum absolute atomic E-state index is 13.7. The fourth-order valence-electron chi connectivity index (χ4n) is 2.72. The molecule has 0 aliphatic heterocycles. The highest BCUT2D eigenvalue weighted by molar-refractivity contribution is 8.00. The molecule has 0 atom stereocenters. The van der Waals surface area contributed by atoms with Crippen LogP contribution < -0.4 is 14.8 Å². The van der Waals surface area contributed by atoms with E-state index in [1.165, 1.54) is 44.2 Å². The van der Waals surface area contributed by atoms with Crippen LogP contribution in [0.5, 0.6) is 11.5 Å². The Labute approximate surface area is 178 Å². The summed E-state index contributed by atoms with van der Waals surface area (Å²) in [4.78, 5) is 25.5. The quantitative estimate of drug-likeness (QED) is 0.403. The van der Waals surface area contributed by atoms with E-state index in [1.54, 1.807) is 48.5 Å². The van der Waals surface area contributed by atoms with Gasteiger partial charge in [0.2, 0.25) is 0 Å². The number of benzene rings is 3. The average molecular weight is 425 g/mol. The zero-order valence-corrected chi connectivity index (χ0v) is 17.3. The largest absolute Gasteiger partial charge is 0.493 e. The third-order valence-corrected chi connectivity index (χ3v) is 5.32. The number of anilines is 1. The van der Waals surface area contributed by atoms with Crippen molar-refractivity contribution in [2.45, 2.75) is 4.90 Å². The molecule has 30 heavy (non-hydrogen) atoms. The van der Waals surface area contributed by atoms with Crippen molar-refractivity contribution in [3.8, 4) is 11.5 Å². The van der Waals surface area contributed by atoms with Crippen LogP contribution in [0.2, 0.25) is 0 Å². The van der Waals surface area contributed by atoms with Gasteiger partial charge >= 0.3 is 0 Å². The highest BCUT2D eigenvalue weighted by Gasteiger charge is 2.13. The molecule has 0 fully saturated rings. The Kier molecular flexibility index (Phi) is 7.08. The molecule has 1 N–H and O–H groups in total. The van der Waals surface area contributed by atoms with Crippen molar-refractivity contribution in [3.05, 3.63) is 83.7 Å². The summed E-state index contributed by atoms with van der Waals surface area (Å²) in [6.45, 7) is 0. The Morgan fingerprint density at radius 2 is 1.63 bits per heavy atom. The second kappa shape index (κ2) is 9.93. The third-order valence-electron chi connectivity index (χ3n) is 4.31. The third kappa shape index (κ3) is 5.18. The molecule has 3 aromatic rings. The minimum absolute atomic E-state index is 0.0172. The Bertz CT molecular complexity index is 1050. The van der Waals surface area contributed by atoms with Crippen LogP contribution in [0.25, 0.3) is 0 Å². The number of Topliss-reactive ketones (excluding diaryl/α,β-unsaturated/α-hetero) is 1. The van der Waals surface area contributed by atoms with E-state index in [4.69, 9.17) is 9.47 Å². The summed E-state index contributed by atoms with van der Waals surface area (Å²) in [5.74, 6) is 0.181. The van der Waals surface area contributed by atoms with E-state index in [2.05, 4.69) is 5.32 Å². The first kappa shape index (κ1) is 21.4. The number of methoxy groups -OCH3 is 2. The molecule has 3 rings (SSSR count). The molecule has 0 unspecified atom stereocenters. The standard InChI is InChI=1S/C23H20FNO4S/c1-28-21-12-7-15(13-22(21)29-2)20(26)14-30-17-10-8-16(9-11-17)25-23(27)18-5-3-4-6-19(18)24/h3-13H,14H2,1-2H3,(H,25,27). The van der Waals surface area contributed by atoms with Crippen molar-refractivity contribution in [1.29, 1.82) is 0 Å². The zero-order chi connectivity index (χ0) is 21.5. The van der Waals surface area contributed by atoms with Gasteiger partial charge in [0.1, 0.15) is 5.82 Å². The van der Waals surface area contributed by atoms with E-state index < -0.39 is 11.7 Å². The number of carbonyl (C=O) groups excluding carboxylic acids is 2. The molecular weight excluding hydrogens is 405 g/mol. The highest BCUT2D eigenvalue weighted by atomic mass is 32.2. The van der Waals surface area contributed by atoms with E-state index in [1.807, 2.05) is 0 Å². The number of ketones is 1. The number of hydrogen-bond donors (Lipinski definition) is 1. The number of halogens is 1. The van der Waals surface area contributed by atoms with Crippen molar-refractivity contribution in [2.24, 2.45) is 0 Å². The number of rotatable bonds is 8. The fourth-order valence-corrected chi connectivity index (χ4v) is 3.51. The first-order chi connectivity index (χ1) is 14.5. The first-order valence-corrected chi connectivity index (χ1v) is 10.0. The molecule has 0 heterocycles. The van der Waals surface area contributed by atoms with Gasteiger partial charge in [-0.25, -0.2) is 4.39 Å². The molecule has 0 spiro atoms. The summed E-state index contributed by atoms with van der Waals surface area (Å²) in [6, 6.07) is 17.9.